The summed E-state index contributed by atoms with van der Waals surface area (Å²) in [6.45, 7) is 2.92. The summed E-state index contributed by atoms with van der Waals surface area (Å²) < 4.78 is 1.90. The van der Waals surface area contributed by atoms with Crippen LogP contribution in [-0.4, -0.2) is 14.5 Å². The van der Waals surface area contributed by atoms with Crippen LogP contribution in [0, 0.1) is 6.33 Å². The fourth-order valence-corrected chi connectivity index (χ4v) is 1.07. The van der Waals surface area contributed by atoms with E-state index in [1.165, 1.54) is 0 Å². The molecule has 0 saturated carbocycles. The summed E-state index contributed by atoms with van der Waals surface area (Å²) in [5.41, 5.74) is 1.82. The highest BCUT2D eigenvalue weighted by molar-refractivity contribution is 5.69. The fourth-order valence-electron chi connectivity index (χ4n) is 1.07. The summed E-state index contributed by atoms with van der Waals surface area (Å²) in [6, 6.07) is 3.81. The van der Waals surface area contributed by atoms with Gasteiger partial charge < -0.3 is 4.57 Å². The molecular weight excluding hydrogens is 138 g/mol. The third-order valence-electron chi connectivity index (χ3n) is 1.63. The van der Waals surface area contributed by atoms with E-state index in [2.05, 4.69) is 16.3 Å². The van der Waals surface area contributed by atoms with Gasteiger partial charge in [0.25, 0.3) is 0 Å². The molecular formula is C8H8N3. The molecule has 0 fully saturated rings. The molecule has 0 spiro atoms. The average molecular weight is 146 g/mol. The molecule has 0 amide bonds. The zero-order chi connectivity index (χ0) is 7.68. The Labute approximate surface area is 64.7 Å². The second-order valence-electron chi connectivity index (χ2n) is 2.30. The Morgan fingerprint density at radius 3 is 3.36 bits per heavy atom. The quantitative estimate of drug-likeness (QED) is 0.606. The monoisotopic (exact) mass is 146 g/mol. The molecule has 0 aromatic carbocycles. The highest BCUT2D eigenvalue weighted by Gasteiger charge is 1.99. The van der Waals surface area contributed by atoms with Crippen LogP contribution in [0.1, 0.15) is 6.92 Å². The van der Waals surface area contributed by atoms with E-state index in [-0.39, 0.29) is 0 Å². The first-order valence-electron chi connectivity index (χ1n) is 3.60. The van der Waals surface area contributed by atoms with E-state index in [0.717, 1.165) is 17.7 Å². The van der Waals surface area contributed by atoms with Crippen molar-refractivity contribution in [2.45, 2.75) is 13.5 Å². The number of nitrogens with zero attached hydrogens (tertiary/aromatic N) is 3. The molecule has 0 unspecified atom stereocenters. The van der Waals surface area contributed by atoms with Gasteiger partial charge in [-0.25, -0.2) is 9.97 Å². The van der Waals surface area contributed by atoms with Crippen LogP contribution >= 0.6 is 0 Å². The summed E-state index contributed by atoms with van der Waals surface area (Å²) in [5.74, 6) is 0. The first-order chi connectivity index (χ1) is 5.42. The van der Waals surface area contributed by atoms with E-state index in [0.29, 0.717) is 0 Å². The van der Waals surface area contributed by atoms with E-state index in [1.54, 1.807) is 6.20 Å². The second kappa shape index (κ2) is 2.34. The molecule has 0 atom stereocenters. The van der Waals surface area contributed by atoms with Gasteiger partial charge in [0.2, 0.25) is 0 Å². The average Bonchev–Trinajstić information content (AvgIpc) is 2.47. The van der Waals surface area contributed by atoms with E-state index < -0.39 is 0 Å². The minimum Gasteiger partial charge on any atom is -0.306 e. The lowest BCUT2D eigenvalue weighted by Crippen LogP contribution is -1.92. The minimum absolute atomic E-state index is 0.869. The topological polar surface area (TPSA) is 30.7 Å². The third-order valence-corrected chi connectivity index (χ3v) is 1.63. The molecule has 0 aliphatic heterocycles. The molecule has 0 saturated heterocycles. The number of fused-ring (bicyclic) bond motifs is 1. The van der Waals surface area contributed by atoms with Crippen molar-refractivity contribution in [2.24, 2.45) is 0 Å². The predicted octanol–water partition coefficient (Wildman–Crippen LogP) is 1.25. The Hall–Kier alpha value is -1.38. The largest absolute Gasteiger partial charge is 0.306 e. The van der Waals surface area contributed by atoms with Crippen LogP contribution in [-0.2, 0) is 6.54 Å². The summed E-state index contributed by atoms with van der Waals surface area (Å²) in [4.78, 5) is 8.25. The van der Waals surface area contributed by atoms with E-state index >= 15 is 0 Å². The Morgan fingerprint density at radius 2 is 2.55 bits per heavy atom. The second-order valence-corrected chi connectivity index (χ2v) is 2.30. The standard InChI is InChI=1S/C8H8N3/c1-2-11-6-10-7-4-3-5-9-8(7)11/h3-5H,2H2,1H3. The highest BCUT2D eigenvalue weighted by atomic mass is 15.1. The molecule has 2 rings (SSSR count). The molecule has 2 heterocycles. The zero-order valence-electron chi connectivity index (χ0n) is 6.28. The Bertz CT molecular complexity index is 364. The fraction of sp³-hybridized carbons (Fsp3) is 0.250. The molecule has 0 bridgehead atoms. The van der Waals surface area contributed by atoms with E-state index in [9.17, 15) is 0 Å². The lowest BCUT2D eigenvalue weighted by Gasteiger charge is -1.94. The number of aryl methyl sites for hydroxylation is 1. The van der Waals surface area contributed by atoms with Crippen molar-refractivity contribution in [1.29, 1.82) is 0 Å². The SMILES string of the molecule is CCn1[c]nc2cccnc21. The summed E-state index contributed by atoms with van der Waals surface area (Å²) in [5, 5.41) is 0. The zero-order valence-corrected chi connectivity index (χ0v) is 6.28. The van der Waals surface area contributed by atoms with Crippen molar-refractivity contribution in [2.75, 3.05) is 0 Å². The molecule has 1 radical (unpaired) electrons. The molecule has 0 N–H and O–H groups in total. The third kappa shape index (κ3) is 0.888. The first kappa shape index (κ1) is 6.34. The molecule has 2 aromatic heterocycles. The maximum atomic E-state index is 4.18. The Balaban J connectivity index is 2.76. The predicted molar refractivity (Wildman–Crippen MR) is 42.0 cm³/mol. The van der Waals surface area contributed by atoms with Gasteiger partial charge in [-0.2, -0.15) is 0 Å². The van der Waals surface area contributed by atoms with Gasteiger partial charge in [-0.3, -0.25) is 0 Å². The number of hydrogen-bond acceptors (Lipinski definition) is 2. The van der Waals surface area contributed by atoms with Crippen molar-refractivity contribution in [3.8, 4) is 0 Å². The van der Waals surface area contributed by atoms with Gasteiger partial charge in [0.15, 0.2) is 12.0 Å². The maximum absolute atomic E-state index is 4.18. The van der Waals surface area contributed by atoms with Crippen LogP contribution in [0.3, 0.4) is 0 Å². The van der Waals surface area contributed by atoms with Crippen molar-refractivity contribution in [3.63, 3.8) is 0 Å². The lowest BCUT2D eigenvalue weighted by molar-refractivity contribution is 0.771. The van der Waals surface area contributed by atoms with Gasteiger partial charge in [-0.15, -0.1) is 0 Å². The maximum Gasteiger partial charge on any atom is 0.178 e. The van der Waals surface area contributed by atoms with E-state index in [1.807, 2.05) is 23.6 Å². The van der Waals surface area contributed by atoms with Crippen molar-refractivity contribution in [3.05, 3.63) is 24.7 Å². The van der Waals surface area contributed by atoms with Crippen molar-refractivity contribution in [1.82, 2.24) is 14.5 Å². The van der Waals surface area contributed by atoms with E-state index in [4.69, 9.17) is 0 Å². The van der Waals surface area contributed by atoms with Crippen molar-refractivity contribution < 1.29 is 0 Å². The number of pyridine rings is 1. The van der Waals surface area contributed by atoms with Crippen LogP contribution in [0.5, 0.6) is 0 Å². The molecule has 0 aliphatic rings. The van der Waals surface area contributed by atoms with Crippen molar-refractivity contribution >= 4 is 11.2 Å². The Kier molecular flexibility index (Phi) is 1.35. The van der Waals surface area contributed by atoms with Gasteiger partial charge in [-0.05, 0) is 19.1 Å². The molecule has 2 aromatic rings. The summed E-state index contributed by atoms with van der Waals surface area (Å²) in [7, 11) is 0. The Morgan fingerprint density at radius 1 is 1.64 bits per heavy atom. The normalized spacial score (nSPS) is 10.6. The minimum atomic E-state index is 0.869. The number of aromatic nitrogens is 3. The van der Waals surface area contributed by atoms with Crippen LogP contribution in [0.2, 0.25) is 0 Å². The number of rotatable bonds is 1. The smallest absolute Gasteiger partial charge is 0.178 e. The molecule has 11 heavy (non-hydrogen) atoms. The number of hydrogen-bond donors (Lipinski definition) is 0. The summed E-state index contributed by atoms with van der Waals surface area (Å²) in [6.07, 6.45) is 4.64. The highest BCUT2D eigenvalue weighted by Crippen LogP contribution is 2.06. The van der Waals surface area contributed by atoms with Gasteiger partial charge in [0.05, 0.1) is 0 Å². The van der Waals surface area contributed by atoms with Gasteiger partial charge in [0.1, 0.15) is 5.52 Å². The molecule has 3 heteroatoms. The van der Waals surface area contributed by atoms with Gasteiger partial charge >= 0.3 is 0 Å². The lowest BCUT2D eigenvalue weighted by atomic mass is 10.4. The molecule has 0 aliphatic carbocycles. The van der Waals surface area contributed by atoms with Crippen LogP contribution in [0.4, 0.5) is 0 Å². The van der Waals surface area contributed by atoms with Crippen LogP contribution in [0.15, 0.2) is 18.3 Å². The van der Waals surface area contributed by atoms with Gasteiger partial charge in [-0.1, -0.05) is 0 Å². The molecule has 55 valence electrons. The summed E-state index contributed by atoms with van der Waals surface area (Å²) >= 11 is 0. The first-order valence-corrected chi connectivity index (χ1v) is 3.60. The van der Waals surface area contributed by atoms with Crippen LogP contribution < -0.4 is 0 Å². The molecule has 3 nitrogen and oxygen atoms in total. The van der Waals surface area contributed by atoms with Crippen LogP contribution in [0.25, 0.3) is 11.2 Å². The number of imidazole rings is 1. The van der Waals surface area contributed by atoms with Gasteiger partial charge in [0, 0.05) is 12.7 Å².